The molecule has 9 heteroatoms. The third-order valence-electron chi connectivity index (χ3n) is 5.50. The second-order valence-corrected chi connectivity index (χ2v) is 9.79. The van der Waals surface area contributed by atoms with Gasteiger partial charge in [0.15, 0.2) is 5.78 Å². The third kappa shape index (κ3) is 3.50. The van der Waals surface area contributed by atoms with Gasteiger partial charge in [0, 0.05) is 32.3 Å². The quantitative estimate of drug-likeness (QED) is 0.548. The molecule has 4 rings (SSSR count). The zero-order valence-electron chi connectivity index (χ0n) is 16.0. The van der Waals surface area contributed by atoms with Crippen LogP contribution in [0.25, 0.3) is 0 Å². The van der Waals surface area contributed by atoms with E-state index in [1.165, 1.54) is 4.31 Å². The fourth-order valence-electron chi connectivity index (χ4n) is 4.10. The standard InChI is InChI=1S/C20H21F3N2O3S/c1-24(2)11-17-18(26)10-14-9-16(12-3-4-12)19(17)25(14)29(27,28)15-7-5-13(6-8-15)20(21,22)23/h5-9,11-12,14,19H,3-4,10H2,1-2H3/b17-11-. The van der Waals surface area contributed by atoms with Gasteiger partial charge in [-0.15, -0.1) is 0 Å². The minimum absolute atomic E-state index is 0.0340. The maximum Gasteiger partial charge on any atom is 0.416 e. The molecule has 0 spiro atoms. The Morgan fingerprint density at radius 3 is 2.28 bits per heavy atom. The molecule has 2 unspecified atom stereocenters. The smallest absolute Gasteiger partial charge is 0.383 e. The van der Waals surface area contributed by atoms with Crippen LogP contribution in [0, 0.1) is 5.92 Å². The van der Waals surface area contributed by atoms with Crippen molar-refractivity contribution in [2.75, 3.05) is 14.1 Å². The van der Waals surface area contributed by atoms with Crippen LogP contribution in [0.2, 0.25) is 0 Å². The second kappa shape index (κ2) is 6.70. The van der Waals surface area contributed by atoms with Crippen molar-refractivity contribution in [2.24, 2.45) is 5.92 Å². The molecule has 2 fully saturated rings. The summed E-state index contributed by atoms with van der Waals surface area (Å²) in [5.74, 6) is 0.159. The van der Waals surface area contributed by atoms with Gasteiger partial charge in [-0.05, 0) is 48.6 Å². The Morgan fingerprint density at radius 1 is 1.14 bits per heavy atom. The molecule has 29 heavy (non-hydrogen) atoms. The van der Waals surface area contributed by atoms with E-state index in [-0.39, 0.29) is 23.0 Å². The Kier molecular flexibility index (Phi) is 4.66. The van der Waals surface area contributed by atoms with Crippen LogP contribution < -0.4 is 0 Å². The first-order valence-electron chi connectivity index (χ1n) is 9.34. The average Bonchev–Trinajstić information content (AvgIpc) is 3.41. The summed E-state index contributed by atoms with van der Waals surface area (Å²) >= 11 is 0. The number of carbonyl (C=O) groups excluding carboxylic acids is 1. The number of sulfonamides is 1. The zero-order valence-corrected chi connectivity index (χ0v) is 16.8. The number of Topliss-reactive ketones (excluding diaryl/α,β-unsaturated/α-hetero) is 1. The van der Waals surface area contributed by atoms with E-state index >= 15 is 0 Å². The van der Waals surface area contributed by atoms with Gasteiger partial charge in [0.05, 0.1) is 22.5 Å². The number of hydrogen-bond acceptors (Lipinski definition) is 4. The molecule has 1 aromatic rings. The van der Waals surface area contributed by atoms with Gasteiger partial charge < -0.3 is 4.90 Å². The summed E-state index contributed by atoms with van der Waals surface area (Å²) in [5, 5.41) is 0. The van der Waals surface area contributed by atoms with Crippen molar-refractivity contribution in [3.63, 3.8) is 0 Å². The van der Waals surface area contributed by atoms with Crippen molar-refractivity contribution in [3.8, 4) is 0 Å². The van der Waals surface area contributed by atoms with Crippen molar-refractivity contribution >= 4 is 15.8 Å². The summed E-state index contributed by atoms with van der Waals surface area (Å²) in [6.45, 7) is 0. The highest BCUT2D eigenvalue weighted by Crippen LogP contribution is 2.49. The number of piperidine rings is 1. The summed E-state index contributed by atoms with van der Waals surface area (Å²) < 4.78 is 66.6. The van der Waals surface area contributed by atoms with E-state index in [1.54, 1.807) is 25.2 Å². The van der Waals surface area contributed by atoms with Crippen LogP contribution in [0.1, 0.15) is 24.8 Å². The number of hydrogen-bond donors (Lipinski definition) is 0. The van der Waals surface area contributed by atoms with Crippen molar-refractivity contribution in [2.45, 2.75) is 42.4 Å². The molecule has 2 atom stereocenters. The SMILES string of the molecule is CN(C)/C=C1/C(=O)CC2C=C(C3CC3)C1N2S(=O)(=O)c1ccc(C(F)(F)F)cc1. The van der Waals surface area contributed by atoms with E-state index in [1.807, 2.05) is 6.08 Å². The predicted octanol–water partition coefficient (Wildman–Crippen LogP) is 3.20. The molecule has 0 aromatic heterocycles. The molecule has 1 aliphatic carbocycles. The van der Waals surface area contributed by atoms with Crippen LogP contribution in [-0.2, 0) is 21.0 Å². The lowest BCUT2D eigenvalue weighted by Gasteiger charge is -2.36. The Labute approximate surface area is 167 Å². The molecule has 2 aliphatic heterocycles. The molecule has 0 amide bonds. The van der Waals surface area contributed by atoms with E-state index in [0.29, 0.717) is 5.57 Å². The van der Waals surface area contributed by atoms with Gasteiger partial charge in [-0.25, -0.2) is 8.42 Å². The van der Waals surface area contributed by atoms with E-state index in [0.717, 1.165) is 42.7 Å². The molecule has 1 aromatic carbocycles. The largest absolute Gasteiger partial charge is 0.416 e. The van der Waals surface area contributed by atoms with Crippen LogP contribution >= 0.6 is 0 Å². The van der Waals surface area contributed by atoms with Crippen LogP contribution in [-0.4, -0.2) is 49.6 Å². The predicted molar refractivity (Wildman–Crippen MR) is 100 cm³/mol. The molecule has 3 aliphatic rings. The van der Waals surface area contributed by atoms with Crippen LogP contribution in [0.15, 0.2) is 52.6 Å². The number of halogens is 3. The number of benzene rings is 1. The molecular weight excluding hydrogens is 405 g/mol. The fourth-order valence-corrected chi connectivity index (χ4v) is 5.83. The van der Waals surface area contributed by atoms with Crippen molar-refractivity contribution in [3.05, 3.63) is 53.3 Å². The number of carbonyl (C=O) groups is 1. The lowest BCUT2D eigenvalue weighted by molar-refractivity contribution is -0.137. The Hall–Kier alpha value is -2.13. The summed E-state index contributed by atoms with van der Waals surface area (Å²) in [5.41, 5.74) is 0.444. The highest BCUT2D eigenvalue weighted by Gasteiger charge is 2.53. The van der Waals surface area contributed by atoms with Gasteiger partial charge in [-0.2, -0.15) is 17.5 Å². The van der Waals surface area contributed by atoms with E-state index < -0.39 is 33.8 Å². The average molecular weight is 426 g/mol. The van der Waals surface area contributed by atoms with E-state index in [9.17, 15) is 26.4 Å². The third-order valence-corrected chi connectivity index (χ3v) is 7.40. The lowest BCUT2D eigenvalue weighted by atomic mass is 9.93. The van der Waals surface area contributed by atoms with Gasteiger partial charge >= 0.3 is 6.18 Å². The van der Waals surface area contributed by atoms with E-state index in [4.69, 9.17) is 0 Å². The Bertz CT molecular complexity index is 1010. The first-order chi connectivity index (χ1) is 13.5. The minimum atomic E-state index is -4.54. The fraction of sp³-hybridized carbons (Fsp3) is 0.450. The van der Waals surface area contributed by atoms with Crippen LogP contribution in [0.5, 0.6) is 0 Å². The monoisotopic (exact) mass is 426 g/mol. The normalized spacial score (nSPS) is 26.7. The molecule has 2 bridgehead atoms. The second-order valence-electron chi connectivity index (χ2n) is 7.94. The Balaban J connectivity index is 1.76. The van der Waals surface area contributed by atoms with Gasteiger partial charge in [0.1, 0.15) is 0 Å². The molecule has 0 radical (unpaired) electrons. The summed E-state index contributed by atoms with van der Waals surface area (Å²) in [6, 6.07) is 2.23. The van der Waals surface area contributed by atoms with Crippen LogP contribution in [0.4, 0.5) is 13.2 Å². The molecule has 0 N–H and O–H groups in total. The first-order valence-corrected chi connectivity index (χ1v) is 10.8. The first kappa shape index (κ1) is 20.2. The highest BCUT2D eigenvalue weighted by molar-refractivity contribution is 7.89. The number of alkyl halides is 3. The number of ketones is 1. The summed E-state index contributed by atoms with van der Waals surface area (Å²) in [6.07, 6.45) is 0.922. The van der Waals surface area contributed by atoms with Gasteiger partial charge in [0.2, 0.25) is 10.0 Å². The molecule has 1 saturated carbocycles. The molecule has 1 saturated heterocycles. The van der Waals surface area contributed by atoms with Crippen molar-refractivity contribution in [1.82, 2.24) is 9.21 Å². The minimum Gasteiger partial charge on any atom is -0.383 e. The molecule has 2 heterocycles. The molecule has 5 nitrogen and oxygen atoms in total. The summed E-state index contributed by atoms with van der Waals surface area (Å²) in [7, 11) is -0.568. The van der Waals surface area contributed by atoms with Gasteiger partial charge in [0.25, 0.3) is 0 Å². The topological polar surface area (TPSA) is 57.7 Å². The maximum absolute atomic E-state index is 13.4. The van der Waals surface area contributed by atoms with Crippen molar-refractivity contribution in [1.29, 1.82) is 0 Å². The number of fused-ring (bicyclic) bond motifs is 2. The Morgan fingerprint density at radius 2 is 1.76 bits per heavy atom. The molecule has 156 valence electrons. The lowest BCUT2D eigenvalue weighted by Crippen LogP contribution is -2.50. The number of rotatable bonds is 4. The van der Waals surface area contributed by atoms with Gasteiger partial charge in [-0.1, -0.05) is 6.08 Å². The maximum atomic E-state index is 13.4. The van der Waals surface area contributed by atoms with Crippen molar-refractivity contribution < 1.29 is 26.4 Å². The summed E-state index contributed by atoms with van der Waals surface area (Å²) in [4.78, 5) is 14.2. The highest BCUT2D eigenvalue weighted by atomic mass is 32.2. The zero-order chi connectivity index (χ0) is 21.1. The van der Waals surface area contributed by atoms with E-state index in [2.05, 4.69) is 0 Å². The van der Waals surface area contributed by atoms with Gasteiger partial charge in [-0.3, -0.25) is 4.79 Å². The molecular formula is C20H21F3N2O3S. The van der Waals surface area contributed by atoms with Crippen LogP contribution in [0.3, 0.4) is 0 Å². The number of nitrogens with zero attached hydrogens (tertiary/aromatic N) is 2.